The predicted octanol–water partition coefficient (Wildman–Crippen LogP) is 3.15. The van der Waals surface area contributed by atoms with Crippen molar-refractivity contribution in [2.45, 2.75) is 6.92 Å². The molecule has 0 bridgehead atoms. The number of aromatic nitrogens is 2. The van der Waals surface area contributed by atoms with Crippen molar-refractivity contribution in [1.29, 1.82) is 0 Å². The molecule has 144 valence electrons. The van der Waals surface area contributed by atoms with Gasteiger partial charge in [-0.1, -0.05) is 24.3 Å². The van der Waals surface area contributed by atoms with Gasteiger partial charge in [0.15, 0.2) is 5.69 Å². The van der Waals surface area contributed by atoms with E-state index in [-0.39, 0.29) is 5.91 Å². The van der Waals surface area contributed by atoms with Crippen molar-refractivity contribution in [1.82, 2.24) is 14.7 Å². The van der Waals surface area contributed by atoms with Gasteiger partial charge in [0, 0.05) is 43.6 Å². The summed E-state index contributed by atoms with van der Waals surface area (Å²) in [5.74, 6) is 0.745. The van der Waals surface area contributed by atoms with Crippen molar-refractivity contribution in [2.24, 2.45) is 0 Å². The maximum atomic E-state index is 13.0. The zero-order chi connectivity index (χ0) is 19.5. The van der Waals surface area contributed by atoms with E-state index < -0.39 is 0 Å². The zero-order valence-corrected chi connectivity index (χ0v) is 16.2. The Morgan fingerprint density at radius 1 is 0.929 bits per heavy atom. The molecule has 2 aromatic carbocycles. The number of hydrogen-bond acceptors (Lipinski definition) is 4. The van der Waals surface area contributed by atoms with Crippen molar-refractivity contribution in [3.8, 4) is 11.4 Å². The minimum absolute atomic E-state index is 0.0162. The van der Waals surface area contributed by atoms with Crippen molar-refractivity contribution < 1.29 is 9.53 Å². The van der Waals surface area contributed by atoms with Gasteiger partial charge in [0.2, 0.25) is 0 Å². The molecule has 0 spiro atoms. The summed E-state index contributed by atoms with van der Waals surface area (Å²) >= 11 is 0. The van der Waals surface area contributed by atoms with E-state index in [0.29, 0.717) is 18.8 Å². The molecule has 4 rings (SSSR count). The lowest BCUT2D eigenvalue weighted by atomic mass is 10.2. The summed E-state index contributed by atoms with van der Waals surface area (Å²) in [6, 6.07) is 19.8. The van der Waals surface area contributed by atoms with Gasteiger partial charge in [0.1, 0.15) is 5.75 Å². The second kappa shape index (κ2) is 7.76. The molecule has 1 aliphatic rings. The van der Waals surface area contributed by atoms with Crippen LogP contribution in [0.15, 0.2) is 60.7 Å². The van der Waals surface area contributed by atoms with Gasteiger partial charge < -0.3 is 14.5 Å². The Labute approximate surface area is 164 Å². The normalized spacial score (nSPS) is 14.2. The summed E-state index contributed by atoms with van der Waals surface area (Å²) in [5.41, 5.74) is 3.48. The third kappa shape index (κ3) is 3.58. The van der Waals surface area contributed by atoms with Crippen LogP contribution in [0.2, 0.25) is 0 Å². The molecule has 1 saturated heterocycles. The van der Waals surface area contributed by atoms with Gasteiger partial charge in [0.25, 0.3) is 5.91 Å². The lowest BCUT2D eigenvalue weighted by Crippen LogP contribution is -2.48. The van der Waals surface area contributed by atoms with Crippen LogP contribution in [0, 0.1) is 6.92 Å². The molecule has 0 radical (unpaired) electrons. The Balaban J connectivity index is 1.47. The van der Waals surface area contributed by atoms with Crippen molar-refractivity contribution in [3.05, 3.63) is 72.1 Å². The highest BCUT2D eigenvalue weighted by molar-refractivity contribution is 5.92. The molecule has 0 aliphatic carbocycles. The number of anilines is 1. The van der Waals surface area contributed by atoms with Crippen LogP contribution in [0.1, 0.15) is 16.2 Å². The molecule has 6 heteroatoms. The summed E-state index contributed by atoms with van der Waals surface area (Å²) in [4.78, 5) is 17.2. The number of methoxy groups -OCH3 is 1. The lowest BCUT2D eigenvalue weighted by molar-refractivity contribution is 0.0740. The molecule has 1 amide bonds. The number of nitrogens with zero attached hydrogens (tertiary/aromatic N) is 4. The van der Waals surface area contributed by atoms with E-state index in [0.717, 1.165) is 30.2 Å². The standard InChI is InChI=1S/C22H24N4O2/c1-17-15-21(23-26(17)19-9-6-10-20(16-19)28-2)22(27)25-13-11-24(12-14-25)18-7-4-3-5-8-18/h3-10,15-16H,11-14H2,1-2H3. The van der Waals surface area contributed by atoms with Crippen LogP contribution in [0.4, 0.5) is 5.69 Å². The first kappa shape index (κ1) is 18.1. The lowest BCUT2D eigenvalue weighted by Gasteiger charge is -2.35. The smallest absolute Gasteiger partial charge is 0.274 e. The second-order valence-electron chi connectivity index (χ2n) is 6.90. The molecule has 6 nitrogen and oxygen atoms in total. The third-order valence-electron chi connectivity index (χ3n) is 5.09. The fourth-order valence-corrected chi connectivity index (χ4v) is 3.55. The summed E-state index contributed by atoms with van der Waals surface area (Å²) in [6.45, 7) is 4.99. The second-order valence-corrected chi connectivity index (χ2v) is 6.90. The van der Waals surface area contributed by atoms with Gasteiger partial charge in [0.05, 0.1) is 12.8 Å². The highest BCUT2D eigenvalue weighted by atomic mass is 16.5. The quantitative estimate of drug-likeness (QED) is 0.702. The zero-order valence-electron chi connectivity index (χ0n) is 16.2. The molecule has 1 aromatic heterocycles. The predicted molar refractivity (Wildman–Crippen MR) is 109 cm³/mol. The molecular weight excluding hydrogens is 352 g/mol. The minimum atomic E-state index is -0.0162. The van der Waals surface area contributed by atoms with Crippen LogP contribution in [0.3, 0.4) is 0 Å². The van der Waals surface area contributed by atoms with Gasteiger partial charge in [-0.2, -0.15) is 5.10 Å². The van der Waals surface area contributed by atoms with Crippen LogP contribution in [-0.4, -0.2) is 53.9 Å². The van der Waals surface area contributed by atoms with Crippen LogP contribution in [0.5, 0.6) is 5.75 Å². The highest BCUT2D eigenvalue weighted by Crippen LogP contribution is 2.20. The number of aryl methyl sites for hydroxylation is 1. The SMILES string of the molecule is COc1cccc(-n2nc(C(=O)N3CCN(c4ccccc4)CC3)cc2C)c1. The highest BCUT2D eigenvalue weighted by Gasteiger charge is 2.24. The number of para-hydroxylation sites is 1. The van der Waals surface area contributed by atoms with Crippen LogP contribution < -0.4 is 9.64 Å². The van der Waals surface area contributed by atoms with E-state index in [1.165, 1.54) is 5.69 Å². The Morgan fingerprint density at radius 3 is 2.36 bits per heavy atom. The van der Waals surface area contributed by atoms with Gasteiger partial charge in [-0.15, -0.1) is 0 Å². The first-order valence-electron chi connectivity index (χ1n) is 9.46. The van der Waals surface area contributed by atoms with E-state index in [4.69, 9.17) is 4.74 Å². The average molecular weight is 376 g/mol. The molecule has 1 aliphatic heterocycles. The summed E-state index contributed by atoms with van der Waals surface area (Å²) < 4.78 is 7.08. The molecule has 0 atom stereocenters. The van der Waals surface area contributed by atoms with Gasteiger partial charge in [-0.05, 0) is 37.3 Å². The van der Waals surface area contributed by atoms with Crippen molar-refractivity contribution in [2.75, 3.05) is 38.2 Å². The summed E-state index contributed by atoms with van der Waals surface area (Å²) in [5, 5.41) is 4.56. The first-order chi connectivity index (χ1) is 13.7. The van der Waals surface area contributed by atoms with E-state index in [2.05, 4.69) is 22.1 Å². The number of ether oxygens (including phenoxy) is 1. The average Bonchev–Trinajstić information content (AvgIpc) is 3.15. The number of hydrogen-bond donors (Lipinski definition) is 0. The molecule has 0 N–H and O–H groups in total. The number of carbonyl (C=O) groups excluding carboxylic acids is 1. The molecular formula is C22H24N4O2. The van der Waals surface area contributed by atoms with E-state index in [1.807, 2.05) is 60.4 Å². The number of piperazine rings is 1. The number of amides is 1. The third-order valence-corrected chi connectivity index (χ3v) is 5.09. The van der Waals surface area contributed by atoms with Gasteiger partial charge in [-0.3, -0.25) is 4.79 Å². The molecule has 2 heterocycles. The molecule has 1 fully saturated rings. The largest absolute Gasteiger partial charge is 0.497 e. The molecule has 28 heavy (non-hydrogen) atoms. The minimum Gasteiger partial charge on any atom is -0.497 e. The van der Waals surface area contributed by atoms with Crippen LogP contribution >= 0.6 is 0 Å². The fraction of sp³-hybridized carbons (Fsp3) is 0.273. The van der Waals surface area contributed by atoms with E-state index in [1.54, 1.807) is 11.8 Å². The molecule has 3 aromatic rings. The monoisotopic (exact) mass is 376 g/mol. The topological polar surface area (TPSA) is 50.6 Å². The van der Waals surface area contributed by atoms with Gasteiger partial charge >= 0.3 is 0 Å². The Bertz CT molecular complexity index is 960. The summed E-state index contributed by atoms with van der Waals surface area (Å²) in [7, 11) is 1.64. The Hall–Kier alpha value is -3.28. The number of benzene rings is 2. The molecule has 0 saturated carbocycles. The summed E-state index contributed by atoms with van der Waals surface area (Å²) in [6.07, 6.45) is 0. The molecule has 0 unspecified atom stereocenters. The number of carbonyl (C=O) groups is 1. The van der Waals surface area contributed by atoms with Gasteiger partial charge in [-0.25, -0.2) is 4.68 Å². The van der Waals surface area contributed by atoms with E-state index >= 15 is 0 Å². The Morgan fingerprint density at radius 2 is 1.64 bits per heavy atom. The van der Waals surface area contributed by atoms with Crippen LogP contribution in [-0.2, 0) is 0 Å². The van der Waals surface area contributed by atoms with Crippen molar-refractivity contribution in [3.63, 3.8) is 0 Å². The Kier molecular flexibility index (Phi) is 5.02. The maximum Gasteiger partial charge on any atom is 0.274 e. The maximum absolute atomic E-state index is 13.0. The fourth-order valence-electron chi connectivity index (χ4n) is 3.55. The number of rotatable bonds is 4. The van der Waals surface area contributed by atoms with E-state index in [9.17, 15) is 4.79 Å². The van der Waals surface area contributed by atoms with Crippen molar-refractivity contribution >= 4 is 11.6 Å². The first-order valence-corrected chi connectivity index (χ1v) is 9.46. The van der Waals surface area contributed by atoms with Crippen LogP contribution in [0.25, 0.3) is 5.69 Å².